The summed E-state index contributed by atoms with van der Waals surface area (Å²) in [6.07, 6.45) is 1.54. The maximum absolute atomic E-state index is 13.1. The molecule has 0 radical (unpaired) electrons. The number of hydrogen-bond acceptors (Lipinski definition) is 5. The Morgan fingerprint density at radius 2 is 1.92 bits per heavy atom. The number of methoxy groups -OCH3 is 1. The number of hydrogen-bond donors (Lipinski definition) is 0. The molecule has 1 aliphatic rings. The number of ether oxygens (including phenoxy) is 3. The first-order valence-electron chi connectivity index (χ1n) is 7.73. The molecule has 132 valence electrons. The smallest absolute Gasteiger partial charge is 0.264 e. The molecule has 1 heterocycles. The SMILES string of the molecule is C=CCN(c1cccc(OC)c1)S(=O)(=O)c1ccc2c(c1)OCCO2. The van der Waals surface area contributed by atoms with Crippen LogP contribution in [0, 0.1) is 0 Å². The van der Waals surface area contributed by atoms with Gasteiger partial charge in [0.15, 0.2) is 11.5 Å². The molecule has 0 saturated heterocycles. The summed E-state index contributed by atoms with van der Waals surface area (Å²) in [5.74, 6) is 1.54. The first-order valence-corrected chi connectivity index (χ1v) is 9.17. The van der Waals surface area contributed by atoms with Crippen molar-refractivity contribution in [2.45, 2.75) is 4.90 Å². The van der Waals surface area contributed by atoms with E-state index in [0.29, 0.717) is 36.1 Å². The van der Waals surface area contributed by atoms with Crippen molar-refractivity contribution in [3.05, 3.63) is 55.1 Å². The molecule has 0 aliphatic carbocycles. The lowest BCUT2D eigenvalue weighted by Crippen LogP contribution is -2.31. The fourth-order valence-corrected chi connectivity index (χ4v) is 3.98. The van der Waals surface area contributed by atoms with Crippen molar-refractivity contribution in [2.24, 2.45) is 0 Å². The molecule has 6 nitrogen and oxygen atoms in total. The van der Waals surface area contributed by atoms with E-state index < -0.39 is 10.0 Å². The fourth-order valence-electron chi connectivity index (χ4n) is 2.54. The lowest BCUT2D eigenvalue weighted by atomic mass is 10.3. The van der Waals surface area contributed by atoms with E-state index in [-0.39, 0.29) is 11.4 Å². The Labute approximate surface area is 147 Å². The minimum atomic E-state index is -3.80. The van der Waals surface area contributed by atoms with Crippen molar-refractivity contribution < 1.29 is 22.6 Å². The highest BCUT2D eigenvalue weighted by Crippen LogP contribution is 2.34. The Hall–Kier alpha value is -2.67. The van der Waals surface area contributed by atoms with E-state index in [1.54, 1.807) is 30.3 Å². The zero-order valence-corrected chi connectivity index (χ0v) is 14.7. The van der Waals surface area contributed by atoms with Crippen LogP contribution < -0.4 is 18.5 Å². The van der Waals surface area contributed by atoms with Gasteiger partial charge >= 0.3 is 0 Å². The summed E-state index contributed by atoms with van der Waals surface area (Å²) in [6.45, 7) is 4.63. The number of anilines is 1. The van der Waals surface area contributed by atoms with E-state index in [1.807, 2.05) is 0 Å². The standard InChI is InChI=1S/C18H19NO5S/c1-3-9-19(14-5-4-6-15(12-14)22-2)25(20,21)16-7-8-17-18(13-16)24-11-10-23-17/h3-8,12-13H,1,9-11H2,2H3. The van der Waals surface area contributed by atoms with Crippen LogP contribution in [0.3, 0.4) is 0 Å². The molecule has 1 aliphatic heterocycles. The third-order valence-corrected chi connectivity index (χ3v) is 5.53. The van der Waals surface area contributed by atoms with Crippen LogP contribution in [0.2, 0.25) is 0 Å². The number of benzene rings is 2. The van der Waals surface area contributed by atoms with Crippen LogP contribution >= 0.6 is 0 Å². The quantitative estimate of drug-likeness (QED) is 0.740. The zero-order chi connectivity index (χ0) is 17.9. The van der Waals surface area contributed by atoms with Gasteiger partial charge in [0.05, 0.1) is 24.2 Å². The van der Waals surface area contributed by atoms with Crippen molar-refractivity contribution >= 4 is 15.7 Å². The van der Waals surface area contributed by atoms with Gasteiger partial charge in [-0.1, -0.05) is 12.1 Å². The van der Waals surface area contributed by atoms with Crippen LogP contribution in [-0.2, 0) is 10.0 Å². The van der Waals surface area contributed by atoms with Gasteiger partial charge < -0.3 is 14.2 Å². The number of sulfonamides is 1. The minimum Gasteiger partial charge on any atom is -0.497 e. The maximum atomic E-state index is 13.1. The molecule has 0 amide bonds. The molecule has 0 spiro atoms. The molecule has 3 rings (SSSR count). The van der Waals surface area contributed by atoms with Gasteiger partial charge in [0.1, 0.15) is 19.0 Å². The summed E-state index contributed by atoms with van der Waals surface area (Å²) >= 11 is 0. The third-order valence-electron chi connectivity index (χ3n) is 3.74. The molecule has 2 aromatic rings. The van der Waals surface area contributed by atoms with E-state index in [1.165, 1.54) is 29.6 Å². The molecular weight excluding hydrogens is 342 g/mol. The molecule has 0 unspecified atom stereocenters. The highest BCUT2D eigenvalue weighted by Gasteiger charge is 2.26. The monoisotopic (exact) mass is 361 g/mol. The third kappa shape index (κ3) is 3.41. The highest BCUT2D eigenvalue weighted by molar-refractivity contribution is 7.92. The lowest BCUT2D eigenvalue weighted by Gasteiger charge is -2.25. The van der Waals surface area contributed by atoms with Crippen LogP contribution in [0.5, 0.6) is 17.2 Å². The van der Waals surface area contributed by atoms with E-state index in [0.717, 1.165) is 0 Å². The molecule has 0 aromatic heterocycles. The highest BCUT2D eigenvalue weighted by atomic mass is 32.2. The molecule has 0 saturated carbocycles. The van der Waals surface area contributed by atoms with Gasteiger partial charge in [0, 0.05) is 12.1 Å². The molecular formula is C18H19NO5S. The first kappa shape index (κ1) is 17.2. The normalized spacial score (nSPS) is 13.2. The first-order chi connectivity index (χ1) is 12.1. The van der Waals surface area contributed by atoms with E-state index in [2.05, 4.69) is 6.58 Å². The summed E-state index contributed by atoms with van der Waals surface area (Å²) in [7, 11) is -2.27. The van der Waals surface area contributed by atoms with Gasteiger partial charge in [-0.05, 0) is 24.3 Å². The minimum absolute atomic E-state index is 0.126. The molecule has 7 heteroatoms. The van der Waals surface area contributed by atoms with Gasteiger partial charge in [-0.2, -0.15) is 0 Å². The molecule has 0 fully saturated rings. The zero-order valence-electron chi connectivity index (χ0n) is 13.8. The lowest BCUT2D eigenvalue weighted by molar-refractivity contribution is 0.171. The van der Waals surface area contributed by atoms with Crippen molar-refractivity contribution in [1.29, 1.82) is 0 Å². The van der Waals surface area contributed by atoms with Crippen LogP contribution in [0.4, 0.5) is 5.69 Å². The Bertz CT molecular complexity index is 879. The fraction of sp³-hybridized carbons (Fsp3) is 0.222. The summed E-state index contributed by atoms with van der Waals surface area (Å²) in [6, 6.07) is 11.5. The number of nitrogens with zero attached hydrogens (tertiary/aromatic N) is 1. The van der Waals surface area contributed by atoms with Gasteiger partial charge in [-0.3, -0.25) is 4.31 Å². The average Bonchev–Trinajstić information content (AvgIpc) is 2.65. The van der Waals surface area contributed by atoms with E-state index in [9.17, 15) is 8.42 Å². The summed E-state index contributed by atoms with van der Waals surface area (Å²) < 4.78 is 43.7. The largest absolute Gasteiger partial charge is 0.497 e. The van der Waals surface area contributed by atoms with E-state index in [4.69, 9.17) is 14.2 Å². The molecule has 25 heavy (non-hydrogen) atoms. The van der Waals surface area contributed by atoms with Crippen LogP contribution in [0.1, 0.15) is 0 Å². The van der Waals surface area contributed by atoms with Crippen molar-refractivity contribution in [2.75, 3.05) is 31.2 Å². The predicted octanol–water partition coefficient (Wildman–Crippen LogP) is 2.85. The second-order valence-corrected chi connectivity index (χ2v) is 7.19. The summed E-state index contributed by atoms with van der Waals surface area (Å²) in [5.41, 5.74) is 0.495. The predicted molar refractivity (Wildman–Crippen MR) is 95.2 cm³/mol. The molecule has 0 bridgehead atoms. The van der Waals surface area contributed by atoms with Crippen LogP contribution in [0.15, 0.2) is 60.0 Å². The number of rotatable bonds is 6. The van der Waals surface area contributed by atoms with Gasteiger partial charge in [0.2, 0.25) is 0 Å². The second-order valence-electron chi connectivity index (χ2n) is 5.33. The number of fused-ring (bicyclic) bond motifs is 1. The molecule has 2 aromatic carbocycles. The Morgan fingerprint density at radius 1 is 1.16 bits per heavy atom. The van der Waals surface area contributed by atoms with Gasteiger partial charge in [-0.25, -0.2) is 8.42 Å². The summed E-state index contributed by atoms with van der Waals surface area (Å²) in [5, 5.41) is 0. The second kappa shape index (κ2) is 7.06. The summed E-state index contributed by atoms with van der Waals surface area (Å²) in [4.78, 5) is 0.126. The topological polar surface area (TPSA) is 65.1 Å². The average molecular weight is 361 g/mol. The maximum Gasteiger partial charge on any atom is 0.264 e. The van der Waals surface area contributed by atoms with Crippen LogP contribution in [-0.4, -0.2) is 35.3 Å². The van der Waals surface area contributed by atoms with Gasteiger partial charge in [0.25, 0.3) is 10.0 Å². The van der Waals surface area contributed by atoms with Crippen molar-refractivity contribution in [1.82, 2.24) is 0 Å². The Kier molecular flexibility index (Phi) is 4.85. The Morgan fingerprint density at radius 3 is 2.64 bits per heavy atom. The molecule has 0 atom stereocenters. The molecule has 0 N–H and O–H groups in total. The van der Waals surface area contributed by atoms with Gasteiger partial charge in [-0.15, -0.1) is 6.58 Å². The van der Waals surface area contributed by atoms with Crippen molar-refractivity contribution in [3.8, 4) is 17.2 Å². The Balaban J connectivity index is 2.03. The van der Waals surface area contributed by atoms with E-state index >= 15 is 0 Å². The van der Waals surface area contributed by atoms with Crippen LogP contribution in [0.25, 0.3) is 0 Å². The van der Waals surface area contributed by atoms with Crippen molar-refractivity contribution in [3.63, 3.8) is 0 Å².